The molecule has 1 fully saturated rings. The Morgan fingerprint density at radius 2 is 1.86 bits per heavy atom. The third-order valence-corrected chi connectivity index (χ3v) is 3.99. The normalized spacial score (nSPS) is 14.1. The van der Waals surface area contributed by atoms with E-state index in [1.54, 1.807) is 12.4 Å². The molecule has 0 saturated carbocycles. The zero-order valence-corrected chi connectivity index (χ0v) is 12.7. The number of rotatable bonds is 4. The summed E-state index contributed by atoms with van der Waals surface area (Å²) in [7, 11) is 0. The maximum Gasteiger partial charge on any atom is 0.254 e. The summed E-state index contributed by atoms with van der Waals surface area (Å²) in [6.07, 6.45) is 5.58. The van der Waals surface area contributed by atoms with Crippen molar-refractivity contribution in [3.8, 4) is 0 Å². The van der Waals surface area contributed by atoms with Crippen molar-refractivity contribution in [3.63, 3.8) is 0 Å². The van der Waals surface area contributed by atoms with Crippen LogP contribution in [0.25, 0.3) is 0 Å². The predicted molar refractivity (Wildman–Crippen MR) is 85.8 cm³/mol. The first-order chi connectivity index (χ1) is 10.7. The van der Waals surface area contributed by atoms with Gasteiger partial charge in [0, 0.05) is 32.0 Å². The van der Waals surface area contributed by atoms with E-state index in [0.29, 0.717) is 18.1 Å². The minimum Gasteiger partial charge on any atom is -0.348 e. The van der Waals surface area contributed by atoms with Crippen molar-refractivity contribution in [2.75, 3.05) is 18.0 Å². The first-order valence-corrected chi connectivity index (χ1v) is 7.64. The third-order valence-electron chi connectivity index (χ3n) is 3.99. The first-order valence-electron chi connectivity index (χ1n) is 7.64. The van der Waals surface area contributed by atoms with Crippen molar-refractivity contribution in [1.82, 2.24) is 15.3 Å². The molecule has 1 aromatic carbocycles. The van der Waals surface area contributed by atoms with Gasteiger partial charge in [-0.15, -0.1) is 0 Å². The van der Waals surface area contributed by atoms with Crippen LogP contribution in [0.2, 0.25) is 0 Å². The van der Waals surface area contributed by atoms with Crippen LogP contribution < -0.4 is 10.2 Å². The van der Waals surface area contributed by atoms with Gasteiger partial charge in [0.25, 0.3) is 5.91 Å². The van der Waals surface area contributed by atoms with Crippen LogP contribution in [0, 0.1) is 6.92 Å². The van der Waals surface area contributed by atoms with Crippen LogP contribution in [-0.2, 0) is 6.54 Å². The van der Waals surface area contributed by atoms with Crippen LogP contribution in [-0.4, -0.2) is 29.0 Å². The molecule has 2 heterocycles. The molecule has 0 atom stereocenters. The molecule has 1 aromatic heterocycles. The number of amides is 1. The molecule has 0 aliphatic carbocycles. The van der Waals surface area contributed by atoms with Gasteiger partial charge in [0.15, 0.2) is 0 Å². The minimum atomic E-state index is -0.142. The van der Waals surface area contributed by atoms with Crippen molar-refractivity contribution in [2.45, 2.75) is 26.3 Å². The number of hydrogen-bond acceptors (Lipinski definition) is 4. The molecule has 114 valence electrons. The highest BCUT2D eigenvalue weighted by Crippen LogP contribution is 2.14. The molecule has 1 saturated heterocycles. The Kier molecular flexibility index (Phi) is 4.32. The molecular formula is C17H20N4O. The predicted octanol–water partition coefficient (Wildman–Crippen LogP) is 2.32. The largest absolute Gasteiger partial charge is 0.348 e. The number of carbonyl (C=O) groups is 1. The van der Waals surface area contributed by atoms with E-state index in [0.717, 1.165) is 18.7 Å². The molecule has 5 nitrogen and oxygen atoms in total. The van der Waals surface area contributed by atoms with Crippen LogP contribution >= 0.6 is 0 Å². The summed E-state index contributed by atoms with van der Waals surface area (Å²) >= 11 is 0. The molecular weight excluding hydrogens is 276 g/mol. The topological polar surface area (TPSA) is 58.1 Å². The zero-order valence-electron chi connectivity index (χ0n) is 12.7. The standard InChI is InChI=1S/C17H20N4O/c1-13-6-2-3-7-14(13)10-18-16(22)15-11-19-17(20-12-15)21-8-4-5-9-21/h2-3,6-7,11-12H,4-5,8-10H2,1H3,(H,18,22). The lowest BCUT2D eigenvalue weighted by Crippen LogP contribution is -2.25. The summed E-state index contributed by atoms with van der Waals surface area (Å²) in [5.74, 6) is 0.573. The Morgan fingerprint density at radius 1 is 1.18 bits per heavy atom. The lowest BCUT2D eigenvalue weighted by molar-refractivity contribution is 0.0950. The van der Waals surface area contributed by atoms with Crippen LogP contribution in [0.15, 0.2) is 36.7 Å². The fraction of sp³-hybridized carbons (Fsp3) is 0.353. The van der Waals surface area contributed by atoms with E-state index in [9.17, 15) is 4.79 Å². The van der Waals surface area contributed by atoms with Gasteiger partial charge in [0.05, 0.1) is 5.56 Å². The summed E-state index contributed by atoms with van der Waals surface area (Å²) in [5.41, 5.74) is 2.78. The van der Waals surface area contributed by atoms with Gasteiger partial charge < -0.3 is 10.2 Å². The number of carbonyl (C=O) groups excluding carboxylic acids is 1. The van der Waals surface area contributed by atoms with Gasteiger partial charge in [0.1, 0.15) is 0 Å². The van der Waals surface area contributed by atoms with E-state index in [1.165, 1.54) is 18.4 Å². The highest BCUT2D eigenvalue weighted by Gasteiger charge is 2.15. The van der Waals surface area contributed by atoms with Crippen molar-refractivity contribution in [1.29, 1.82) is 0 Å². The summed E-state index contributed by atoms with van der Waals surface area (Å²) in [4.78, 5) is 22.9. The number of benzene rings is 1. The molecule has 0 radical (unpaired) electrons. The molecule has 5 heteroatoms. The van der Waals surface area contributed by atoms with E-state index >= 15 is 0 Å². The molecule has 0 bridgehead atoms. The lowest BCUT2D eigenvalue weighted by Gasteiger charge is -2.14. The fourth-order valence-electron chi connectivity index (χ4n) is 2.60. The highest BCUT2D eigenvalue weighted by atomic mass is 16.1. The number of aryl methyl sites for hydroxylation is 1. The second-order valence-corrected chi connectivity index (χ2v) is 5.58. The Balaban J connectivity index is 1.61. The van der Waals surface area contributed by atoms with Crippen molar-refractivity contribution in [2.24, 2.45) is 0 Å². The number of hydrogen-bond donors (Lipinski definition) is 1. The van der Waals surface area contributed by atoms with Crippen molar-refractivity contribution in [3.05, 3.63) is 53.3 Å². The van der Waals surface area contributed by atoms with Gasteiger partial charge in [-0.25, -0.2) is 9.97 Å². The van der Waals surface area contributed by atoms with Gasteiger partial charge >= 0.3 is 0 Å². The molecule has 1 N–H and O–H groups in total. The maximum atomic E-state index is 12.2. The summed E-state index contributed by atoms with van der Waals surface area (Å²) in [6.45, 7) is 4.55. The Morgan fingerprint density at radius 3 is 2.55 bits per heavy atom. The van der Waals surface area contributed by atoms with Crippen LogP contribution in [0.1, 0.15) is 34.3 Å². The highest BCUT2D eigenvalue weighted by molar-refractivity contribution is 5.93. The van der Waals surface area contributed by atoms with Crippen molar-refractivity contribution >= 4 is 11.9 Å². The van der Waals surface area contributed by atoms with Crippen molar-refractivity contribution < 1.29 is 4.79 Å². The molecule has 1 aliphatic rings. The van der Waals surface area contributed by atoms with E-state index in [2.05, 4.69) is 20.2 Å². The third kappa shape index (κ3) is 3.24. The smallest absolute Gasteiger partial charge is 0.254 e. The quantitative estimate of drug-likeness (QED) is 0.940. The Hall–Kier alpha value is -2.43. The average Bonchev–Trinajstić information content (AvgIpc) is 3.08. The van der Waals surface area contributed by atoms with Crippen LogP contribution in [0.4, 0.5) is 5.95 Å². The molecule has 0 spiro atoms. The molecule has 0 unspecified atom stereocenters. The molecule has 3 rings (SSSR count). The van der Waals surface area contributed by atoms with E-state index in [-0.39, 0.29) is 5.91 Å². The minimum absolute atomic E-state index is 0.142. The molecule has 22 heavy (non-hydrogen) atoms. The van der Waals surface area contributed by atoms with E-state index in [4.69, 9.17) is 0 Å². The fourth-order valence-corrected chi connectivity index (χ4v) is 2.60. The molecule has 1 aliphatic heterocycles. The summed E-state index contributed by atoms with van der Waals surface area (Å²) in [6, 6.07) is 8.02. The average molecular weight is 296 g/mol. The Labute approximate surface area is 130 Å². The lowest BCUT2D eigenvalue weighted by atomic mass is 10.1. The monoisotopic (exact) mass is 296 g/mol. The summed E-state index contributed by atoms with van der Waals surface area (Å²) in [5, 5.41) is 2.91. The second kappa shape index (κ2) is 6.56. The summed E-state index contributed by atoms with van der Waals surface area (Å²) < 4.78 is 0. The van der Waals surface area contributed by atoms with Gasteiger partial charge in [-0.3, -0.25) is 4.79 Å². The Bertz CT molecular complexity index is 648. The van der Waals surface area contributed by atoms with E-state index < -0.39 is 0 Å². The zero-order chi connectivity index (χ0) is 15.4. The van der Waals surface area contributed by atoms with Crippen LogP contribution in [0.3, 0.4) is 0 Å². The maximum absolute atomic E-state index is 12.2. The van der Waals surface area contributed by atoms with Gasteiger partial charge in [-0.1, -0.05) is 24.3 Å². The van der Waals surface area contributed by atoms with Gasteiger partial charge in [0.2, 0.25) is 5.95 Å². The number of anilines is 1. The number of nitrogens with one attached hydrogen (secondary N) is 1. The molecule has 2 aromatic rings. The number of nitrogens with zero attached hydrogens (tertiary/aromatic N) is 3. The first kappa shape index (κ1) is 14.5. The molecule has 1 amide bonds. The van der Waals surface area contributed by atoms with Gasteiger partial charge in [-0.05, 0) is 30.9 Å². The SMILES string of the molecule is Cc1ccccc1CNC(=O)c1cnc(N2CCCC2)nc1. The van der Waals surface area contributed by atoms with Gasteiger partial charge in [-0.2, -0.15) is 0 Å². The second-order valence-electron chi connectivity index (χ2n) is 5.58. The van der Waals surface area contributed by atoms with Crippen LogP contribution in [0.5, 0.6) is 0 Å². The van der Waals surface area contributed by atoms with E-state index in [1.807, 2.05) is 31.2 Å². The number of aromatic nitrogens is 2.